The first-order valence-corrected chi connectivity index (χ1v) is 7.63. The van der Waals surface area contributed by atoms with Gasteiger partial charge in [-0.1, -0.05) is 0 Å². The van der Waals surface area contributed by atoms with E-state index in [9.17, 15) is 18.8 Å². The van der Waals surface area contributed by atoms with Crippen molar-refractivity contribution in [2.75, 3.05) is 18.0 Å². The van der Waals surface area contributed by atoms with Crippen molar-refractivity contribution in [1.82, 2.24) is 9.88 Å². The zero-order valence-corrected chi connectivity index (χ0v) is 13.4. The quantitative estimate of drug-likeness (QED) is 0.839. The second-order valence-corrected chi connectivity index (χ2v) is 5.66. The van der Waals surface area contributed by atoms with Crippen molar-refractivity contribution in [2.45, 2.75) is 13.0 Å². The molecule has 1 atom stereocenters. The average molecular weight is 345 g/mol. The standard InChI is InChI=1S/C17H16FN3O4/c1-11(23)19-7-14-9-21(17(24)25-14)13-2-3-16(15(18)6-13)20-5-4-12(8-20)10-22/h2-6,8,10,14H,7,9H2,1H3,(H,19,23)/t14-/m0/s1. The number of anilines is 1. The minimum atomic E-state index is -0.591. The molecule has 0 aliphatic carbocycles. The molecule has 3 rings (SSSR count). The fraction of sp³-hybridized carbons (Fsp3) is 0.235. The third-order valence-corrected chi connectivity index (χ3v) is 3.83. The third kappa shape index (κ3) is 3.52. The van der Waals surface area contributed by atoms with Crippen LogP contribution in [0.1, 0.15) is 17.3 Å². The molecule has 0 spiro atoms. The Morgan fingerprint density at radius 1 is 1.44 bits per heavy atom. The summed E-state index contributed by atoms with van der Waals surface area (Å²) in [4.78, 5) is 34.9. The fourth-order valence-electron chi connectivity index (χ4n) is 2.60. The van der Waals surface area contributed by atoms with Crippen LogP contribution in [0.2, 0.25) is 0 Å². The number of nitrogens with zero attached hydrogens (tertiary/aromatic N) is 2. The minimum absolute atomic E-state index is 0.204. The lowest BCUT2D eigenvalue weighted by Crippen LogP contribution is -2.33. The SMILES string of the molecule is CC(=O)NC[C@H]1CN(c2ccc(-n3ccc(C=O)c3)c(F)c2)C(=O)O1. The van der Waals surface area contributed by atoms with Crippen LogP contribution in [0.3, 0.4) is 0 Å². The molecule has 2 aromatic rings. The Bertz CT molecular complexity index is 833. The summed E-state index contributed by atoms with van der Waals surface area (Å²) in [6.07, 6.45) is 2.69. The van der Waals surface area contributed by atoms with Gasteiger partial charge in [0.05, 0.1) is 24.5 Å². The maximum absolute atomic E-state index is 14.4. The van der Waals surface area contributed by atoms with E-state index < -0.39 is 18.0 Å². The van der Waals surface area contributed by atoms with Crippen LogP contribution in [0, 0.1) is 5.82 Å². The molecule has 0 unspecified atom stereocenters. The molecule has 1 aliphatic rings. The van der Waals surface area contributed by atoms with Gasteiger partial charge in [-0.3, -0.25) is 14.5 Å². The molecule has 1 saturated heterocycles. The first kappa shape index (κ1) is 16.7. The number of hydrogen-bond acceptors (Lipinski definition) is 4. The Hall–Kier alpha value is -3.16. The Kier molecular flexibility index (Phi) is 4.51. The van der Waals surface area contributed by atoms with Crippen LogP contribution in [0.25, 0.3) is 5.69 Å². The van der Waals surface area contributed by atoms with Gasteiger partial charge in [-0.2, -0.15) is 0 Å². The van der Waals surface area contributed by atoms with Gasteiger partial charge >= 0.3 is 6.09 Å². The van der Waals surface area contributed by atoms with Gasteiger partial charge in [0.25, 0.3) is 0 Å². The smallest absolute Gasteiger partial charge is 0.414 e. The summed E-state index contributed by atoms with van der Waals surface area (Å²) >= 11 is 0. The summed E-state index contributed by atoms with van der Waals surface area (Å²) in [5, 5.41) is 2.58. The molecule has 2 heterocycles. The van der Waals surface area contributed by atoms with Crippen LogP contribution in [0.5, 0.6) is 0 Å². The molecule has 1 aromatic heterocycles. The minimum Gasteiger partial charge on any atom is -0.442 e. The van der Waals surface area contributed by atoms with E-state index in [1.807, 2.05) is 0 Å². The molecule has 25 heavy (non-hydrogen) atoms. The summed E-state index contributed by atoms with van der Waals surface area (Å²) in [6, 6.07) is 5.93. The predicted octanol–water partition coefficient (Wildman–Crippen LogP) is 1.89. The van der Waals surface area contributed by atoms with Gasteiger partial charge in [-0.15, -0.1) is 0 Å². The number of aromatic nitrogens is 1. The number of carbonyl (C=O) groups excluding carboxylic acids is 3. The van der Waals surface area contributed by atoms with Gasteiger partial charge in [0.1, 0.15) is 11.9 Å². The molecular weight excluding hydrogens is 329 g/mol. The van der Waals surface area contributed by atoms with E-state index >= 15 is 0 Å². The van der Waals surface area contributed by atoms with Crippen molar-refractivity contribution in [3.8, 4) is 5.69 Å². The number of ether oxygens (including phenoxy) is 1. The largest absolute Gasteiger partial charge is 0.442 e. The van der Waals surface area contributed by atoms with Crippen LogP contribution in [0.15, 0.2) is 36.7 Å². The van der Waals surface area contributed by atoms with Crippen molar-refractivity contribution in [3.63, 3.8) is 0 Å². The normalized spacial score (nSPS) is 16.6. The highest BCUT2D eigenvalue weighted by molar-refractivity contribution is 5.90. The van der Waals surface area contributed by atoms with Gasteiger partial charge in [-0.25, -0.2) is 9.18 Å². The van der Waals surface area contributed by atoms with E-state index in [0.717, 1.165) is 0 Å². The summed E-state index contributed by atoms with van der Waals surface area (Å²) in [5.41, 5.74) is 1.06. The Morgan fingerprint density at radius 2 is 2.24 bits per heavy atom. The molecule has 0 bridgehead atoms. The highest BCUT2D eigenvalue weighted by Gasteiger charge is 2.32. The predicted molar refractivity (Wildman–Crippen MR) is 87.4 cm³/mol. The van der Waals surface area contributed by atoms with Crippen molar-refractivity contribution < 1.29 is 23.5 Å². The molecule has 0 saturated carbocycles. The van der Waals surface area contributed by atoms with Gasteiger partial charge in [-0.05, 0) is 24.3 Å². The second kappa shape index (κ2) is 6.76. The number of rotatable bonds is 5. The fourth-order valence-corrected chi connectivity index (χ4v) is 2.60. The molecule has 8 heteroatoms. The zero-order valence-electron chi connectivity index (χ0n) is 13.4. The Morgan fingerprint density at radius 3 is 2.88 bits per heavy atom. The van der Waals surface area contributed by atoms with Gasteiger partial charge < -0.3 is 14.6 Å². The summed E-state index contributed by atoms with van der Waals surface area (Å²) in [5.74, 6) is -0.755. The summed E-state index contributed by atoms with van der Waals surface area (Å²) in [6.45, 7) is 1.80. The highest BCUT2D eigenvalue weighted by atomic mass is 19.1. The molecule has 0 radical (unpaired) electrons. The first-order chi connectivity index (χ1) is 12.0. The zero-order chi connectivity index (χ0) is 18.0. The van der Waals surface area contributed by atoms with Crippen molar-refractivity contribution in [1.29, 1.82) is 0 Å². The van der Waals surface area contributed by atoms with E-state index in [1.165, 1.54) is 34.7 Å². The van der Waals surface area contributed by atoms with E-state index in [1.54, 1.807) is 18.3 Å². The van der Waals surface area contributed by atoms with E-state index in [0.29, 0.717) is 17.5 Å². The summed E-state index contributed by atoms with van der Waals surface area (Å²) in [7, 11) is 0. The Balaban J connectivity index is 1.77. The second-order valence-electron chi connectivity index (χ2n) is 5.66. The van der Waals surface area contributed by atoms with E-state index in [-0.39, 0.29) is 24.7 Å². The van der Waals surface area contributed by atoms with Crippen molar-refractivity contribution in [3.05, 3.63) is 48.0 Å². The lowest BCUT2D eigenvalue weighted by molar-refractivity contribution is -0.119. The molecule has 1 N–H and O–H groups in total. The molecule has 1 aliphatic heterocycles. The number of benzene rings is 1. The number of amides is 2. The van der Waals surface area contributed by atoms with Crippen LogP contribution in [-0.2, 0) is 9.53 Å². The highest BCUT2D eigenvalue weighted by Crippen LogP contribution is 2.25. The third-order valence-electron chi connectivity index (χ3n) is 3.83. The molecule has 130 valence electrons. The number of nitrogens with one attached hydrogen (secondary N) is 1. The number of hydrogen-bond donors (Lipinski definition) is 1. The van der Waals surface area contributed by atoms with E-state index in [4.69, 9.17) is 4.74 Å². The van der Waals surface area contributed by atoms with E-state index in [2.05, 4.69) is 5.32 Å². The van der Waals surface area contributed by atoms with Gasteiger partial charge in [0.15, 0.2) is 6.29 Å². The lowest BCUT2D eigenvalue weighted by Gasteiger charge is -2.14. The lowest BCUT2D eigenvalue weighted by atomic mass is 10.2. The number of carbonyl (C=O) groups is 3. The molecule has 1 fully saturated rings. The van der Waals surface area contributed by atoms with Crippen LogP contribution in [-0.4, -0.2) is 42.0 Å². The molecule has 7 nitrogen and oxygen atoms in total. The molecule has 2 amide bonds. The van der Waals surface area contributed by atoms with Crippen LogP contribution in [0.4, 0.5) is 14.9 Å². The van der Waals surface area contributed by atoms with Crippen LogP contribution >= 0.6 is 0 Å². The topological polar surface area (TPSA) is 80.6 Å². The van der Waals surface area contributed by atoms with Crippen LogP contribution < -0.4 is 10.2 Å². The van der Waals surface area contributed by atoms with Crippen molar-refractivity contribution >= 4 is 24.0 Å². The number of cyclic esters (lactones) is 1. The van der Waals surface area contributed by atoms with Gasteiger partial charge in [0, 0.05) is 24.9 Å². The monoisotopic (exact) mass is 345 g/mol. The summed E-state index contributed by atoms with van der Waals surface area (Å²) < 4.78 is 21.1. The maximum Gasteiger partial charge on any atom is 0.414 e. The van der Waals surface area contributed by atoms with Crippen molar-refractivity contribution in [2.24, 2.45) is 0 Å². The molecular formula is C17H16FN3O4. The number of halogens is 1. The molecule has 1 aromatic carbocycles. The first-order valence-electron chi connectivity index (χ1n) is 7.63. The van der Waals surface area contributed by atoms with Gasteiger partial charge in [0.2, 0.25) is 5.91 Å². The number of aldehydes is 1. The average Bonchev–Trinajstić information content (AvgIpc) is 3.19. The maximum atomic E-state index is 14.4. The Labute approximate surface area is 143 Å².